The van der Waals surface area contributed by atoms with E-state index in [0.717, 1.165) is 31.8 Å². The first-order chi connectivity index (χ1) is 10.1. The number of nitrogens with zero attached hydrogens (tertiary/aromatic N) is 1. The number of amides is 1. The molecule has 21 heavy (non-hydrogen) atoms. The zero-order valence-electron chi connectivity index (χ0n) is 13.2. The molecule has 1 unspecified atom stereocenters. The molecule has 0 radical (unpaired) electrons. The summed E-state index contributed by atoms with van der Waals surface area (Å²) in [7, 11) is 0. The van der Waals surface area contributed by atoms with Crippen LogP contribution in [0.2, 0.25) is 0 Å². The summed E-state index contributed by atoms with van der Waals surface area (Å²) in [5.74, 6) is 1.04. The molecule has 0 aromatic heterocycles. The van der Waals surface area contributed by atoms with Crippen LogP contribution in [0.4, 0.5) is 0 Å². The highest BCUT2D eigenvalue weighted by atomic mass is 16.4. The van der Waals surface area contributed by atoms with Gasteiger partial charge in [0.05, 0.1) is 0 Å². The monoisotopic (exact) mass is 295 g/mol. The minimum atomic E-state index is -0.717. The molecule has 0 bridgehead atoms. The van der Waals surface area contributed by atoms with Crippen LogP contribution in [0.25, 0.3) is 0 Å². The minimum absolute atomic E-state index is 0.251. The SMILES string of the molecule is CC(CC(=O)N1CCC(CC(=O)O)CC1)C1CCCCC1. The smallest absolute Gasteiger partial charge is 0.303 e. The molecule has 1 heterocycles. The van der Waals surface area contributed by atoms with Gasteiger partial charge >= 0.3 is 5.97 Å². The Bertz CT molecular complexity index is 355. The molecule has 0 aromatic rings. The summed E-state index contributed by atoms with van der Waals surface area (Å²) in [6, 6.07) is 0. The fourth-order valence-corrected chi connectivity index (χ4v) is 3.91. The summed E-state index contributed by atoms with van der Waals surface area (Å²) in [5.41, 5.74) is 0. The molecule has 1 saturated carbocycles. The van der Waals surface area contributed by atoms with Crippen LogP contribution < -0.4 is 0 Å². The standard InChI is InChI=1S/C17H29NO3/c1-13(15-5-3-2-4-6-15)11-16(19)18-9-7-14(8-10-18)12-17(20)21/h13-15H,2-12H2,1H3,(H,20,21). The van der Waals surface area contributed by atoms with Gasteiger partial charge in [-0.05, 0) is 30.6 Å². The minimum Gasteiger partial charge on any atom is -0.481 e. The molecule has 0 spiro atoms. The van der Waals surface area contributed by atoms with Crippen molar-refractivity contribution in [1.29, 1.82) is 0 Å². The first-order valence-electron chi connectivity index (χ1n) is 8.56. The lowest BCUT2D eigenvalue weighted by atomic mass is 9.79. The van der Waals surface area contributed by atoms with E-state index in [1.165, 1.54) is 32.1 Å². The van der Waals surface area contributed by atoms with Crippen LogP contribution in [0.15, 0.2) is 0 Å². The molecule has 2 aliphatic rings. The van der Waals surface area contributed by atoms with E-state index in [2.05, 4.69) is 6.92 Å². The van der Waals surface area contributed by atoms with Gasteiger partial charge in [-0.15, -0.1) is 0 Å². The molecule has 1 N–H and O–H groups in total. The van der Waals surface area contributed by atoms with Crippen molar-refractivity contribution in [3.8, 4) is 0 Å². The number of hydrogen-bond donors (Lipinski definition) is 1. The average Bonchev–Trinajstić information content (AvgIpc) is 2.48. The fourth-order valence-electron chi connectivity index (χ4n) is 3.91. The Morgan fingerprint density at radius 1 is 1.10 bits per heavy atom. The van der Waals surface area contributed by atoms with E-state index >= 15 is 0 Å². The molecule has 1 aliphatic heterocycles. The zero-order valence-corrected chi connectivity index (χ0v) is 13.2. The molecule has 2 fully saturated rings. The van der Waals surface area contributed by atoms with Crippen LogP contribution in [-0.4, -0.2) is 35.0 Å². The highest BCUT2D eigenvalue weighted by Crippen LogP contribution is 2.32. The summed E-state index contributed by atoms with van der Waals surface area (Å²) >= 11 is 0. The van der Waals surface area contributed by atoms with Gasteiger partial charge in [-0.25, -0.2) is 0 Å². The second-order valence-corrected chi connectivity index (χ2v) is 7.00. The second-order valence-electron chi connectivity index (χ2n) is 7.00. The summed E-state index contributed by atoms with van der Waals surface area (Å²) < 4.78 is 0. The van der Waals surface area contributed by atoms with E-state index in [4.69, 9.17) is 5.11 Å². The average molecular weight is 295 g/mol. The maximum absolute atomic E-state index is 12.4. The van der Waals surface area contributed by atoms with Crippen LogP contribution in [0.1, 0.15) is 64.7 Å². The molecular formula is C17H29NO3. The van der Waals surface area contributed by atoms with Crippen molar-refractivity contribution in [2.45, 2.75) is 64.7 Å². The molecule has 2 rings (SSSR count). The lowest BCUT2D eigenvalue weighted by Crippen LogP contribution is -2.40. The summed E-state index contributed by atoms with van der Waals surface area (Å²) in [5, 5.41) is 8.82. The Kier molecular flexibility index (Phi) is 6.07. The third-order valence-corrected chi connectivity index (χ3v) is 5.38. The third-order valence-electron chi connectivity index (χ3n) is 5.38. The fraction of sp³-hybridized carbons (Fsp3) is 0.882. The normalized spacial score (nSPS) is 23.0. The van der Waals surface area contributed by atoms with Gasteiger partial charge in [0.15, 0.2) is 0 Å². The molecule has 0 aromatic carbocycles. The van der Waals surface area contributed by atoms with E-state index in [1.54, 1.807) is 0 Å². The van der Waals surface area contributed by atoms with E-state index < -0.39 is 5.97 Å². The number of carboxylic acid groups (broad SMARTS) is 1. The van der Waals surface area contributed by atoms with Gasteiger partial charge in [-0.2, -0.15) is 0 Å². The molecule has 1 amide bonds. The number of carbonyl (C=O) groups excluding carboxylic acids is 1. The van der Waals surface area contributed by atoms with Crippen LogP contribution in [-0.2, 0) is 9.59 Å². The predicted molar refractivity (Wildman–Crippen MR) is 81.9 cm³/mol. The lowest BCUT2D eigenvalue weighted by molar-refractivity contribution is -0.138. The van der Waals surface area contributed by atoms with Crippen LogP contribution in [0, 0.1) is 17.8 Å². The Balaban J connectivity index is 1.72. The van der Waals surface area contributed by atoms with E-state index in [0.29, 0.717) is 12.3 Å². The molecule has 1 saturated heterocycles. The van der Waals surface area contributed by atoms with Crippen molar-refractivity contribution in [2.75, 3.05) is 13.1 Å². The second kappa shape index (κ2) is 7.81. The Morgan fingerprint density at radius 2 is 1.71 bits per heavy atom. The summed E-state index contributed by atoms with van der Waals surface area (Å²) in [6.07, 6.45) is 9.19. The lowest BCUT2D eigenvalue weighted by Gasteiger charge is -2.33. The highest BCUT2D eigenvalue weighted by Gasteiger charge is 2.27. The van der Waals surface area contributed by atoms with Crippen molar-refractivity contribution in [1.82, 2.24) is 4.90 Å². The molecule has 1 atom stereocenters. The van der Waals surface area contributed by atoms with E-state index in [-0.39, 0.29) is 18.2 Å². The number of carbonyl (C=O) groups is 2. The largest absolute Gasteiger partial charge is 0.481 e. The number of likely N-dealkylation sites (tertiary alicyclic amines) is 1. The van der Waals surface area contributed by atoms with Gasteiger partial charge in [0.25, 0.3) is 0 Å². The number of hydrogen-bond acceptors (Lipinski definition) is 2. The van der Waals surface area contributed by atoms with Crippen molar-refractivity contribution in [3.05, 3.63) is 0 Å². The molecule has 4 heteroatoms. The molecular weight excluding hydrogens is 266 g/mol. The van der Waals surface area contributed by atoms with Crippen molar-refractivity contribution in [2.24, 2.45) is 17.8 Å². The van der Waals surface area contributed by atoms with Crippen LogP contribution in [0.5, 0.6) is 0 Å². The number of carboxylic acids is 1. The van der Waals surface area contributed by atoms with Gasteiger partial charge in [0.1, 0.15) is 0 Å². The van der Waals surface area contributed by atoms with Crippen molar-refractivity contribution < 1.29 is 14.7 Å². The summed E-state index contributed by atoms with van der Waals surface area (Å²) in [6.45, 7) is 3.72. The maximum atomic E-state index is 12.4. The first-order valence-corrected chi connectivity index (χ1v) is 8.56. The van der Waals surface area contributed by atoms with Crippen molar-refractivity contribution >= 4 is 11.9 Å². The topological polar surface area (TPSA) is 57.6 Å². The van der Waals surface area contributed by atoms with Gasteiger partial charge in [0.2, 0.25) is 5.91 Å². The predicted octanol–water partition coefficient (Wildman–Crippen LogP) is 3.31. The first kappa shape index (κ1) is 16.3. The highest BCUT2D eigenvalue weighted by molar-refractivity contribution is 5.76. The number of rotatable bonds is 5. The molecule has 1 aliphatic carbocycles. The Hall–Kier alpha value is -1.06. The Labute approximate surface area is 127 Å². The number of piperidine rings is 1. The van der Waals surface area contributed by atoms with E-state index in [9.17, 15) is 9.59 Å². The maximum Gasteiger partial charge on any atom is 0.303 e. The van der Waals surface area contributed by atoms with E-state index in [1.807, 2.05) is 4.90 Å². The summed E-state index contributed by atoms with van der Waals surface area (Å²) in [4.78, 5) is 25.1. The Morgan fingerprint density at radius 3 is 2.29 bits per heavy atom. The van der Waals surface area contributed by atoms with Gasteiger partial charge in [-0.3, -0.25) is 9.59 Å². The van der Waals surface area contributed by atoms with Gasteiger partial charge < -0.3 is 10.0 Å². The van der Waals surface area contributed by atoms with Crippen LogP contribution in [0.3, 0.4) is 0 Å². The third kappa shape index (κ3) is 5.01. The quantitative estimate of drug-likeness (QED) is 0.846. The van der Waals surface area contributed by atoms with Gasteiger partial charge in [0, 0.05) is 25.9 Å². The van der Waals surface area contributed by atoms with Crippen LogP contribution >= 0.6 is 0 Å². The molecule has 120 valence electrons. The molecule has 4 nitrogen and oxygen atoms in total. The zero-order chi connectivity index (χ0) is 15.2. The number of aliphatic carboxylic acids is 1. The van der Waals surface area contributed by atoms with Crippen molar-refractivity contribution in [3.63, 3.8) is 0 Å². The van der Waals surface area contributed by atoms with Gasteiger partial charge in [-0.1, -0.05) is 39.0 Å².